The van der Waals surface area contributed by atoms with Crippen LogP contribution < -0.4 is 64.6 Å². The van der Waals surface area contributed by atoms with Gasteiger partial charge >= 0.3 is 11.9 Å². The van der Waals surface area contributed by atoms with Crippen molar-refractivity contribution in [3.8, 4) is 0 Å². The number of benzene rings is 2. The molecule has 34 nitrogen and oxygen atoms in total. The van der Waals surface area contributed by atoms with Crippen molar-refractivity contribution in [2.24, 2.45) is 29.2 Å². The molecule has 14 atom stereocenters. The van der Waals surface area contributed by atoms with E-state index in [1.165, 1.54) is 18.7 Å². The van der Waals surface area contributed by atoms with Crippen molar-refractivity contribution in [3.05, 3.63) is 71.9 Å². The van der Waals surface area contributed by atoms with Gasteiger partial charge in [0.25, 0.3) is 0 Å². The quantitative estimate of drug-likeness (QED) is 0.0356. The highest BCUT2D eigenvalue weighted by Gasteiger charge is 2.41. The number of para-hydroxylation sites is 1. The van der Waals surface area contributed by atoms with Gasteiger partial charge in [0.05, 0.1) is 25.2 Å². The molecule has 20 N–H and O–H groups in total. The summed E-state index contributed by atoms with van der Waals surface area (Å²) in [5.74, 6) is -14.5. The summed E-state index contributed by atoms with van der Waals surface area (Å²) in [6, 6.07) is -0.133. The number of carboxylic acid groups (broad SMARTS) is 2. The number of unbranched alkanes of at least 4 members (excludes halogenated alkanes) is 11. The van der Waals surface area contributed by atoms with E-state index in [1.54, 1.807) is 84.1 Å². The van der Waals surface area contributed by atoms with Gasteiger partial charge in [0.2, 0.25) is 76.8 Å². The smallest absolute Gasteiger partial charge is 0.326 e. The molecule has 13 amide bonds. The summed E-state index contributed by atoms with van der Waals surface area (Å²) in [6.07, 6.45) is 8.52. The van der Waals surface area contributed by atoms with Crippen molar-refractivity contribution in [2.75, 3.05) is 13.2 Å². The number of aromatic amines is 1. The molecule has 4 rings (SSSR count). The molecule has 1 aromatic heterocycles. The Morgan fingerprint density at radius 3 is 1.42 bits per heavy atom. The van der Waals surface area contributed by atoms with Crippen LogP contribution in [0.3, 0.4) is 0 Å². The molecule has 0 spiro atoms. The molecule has 0 bridgehead atoms. The molecular weight excluding hydrogens is 1460 g/mol. The lowest BCUT2D eigenvalue weighted by molar-refractivity contribution is -0.143. The van der Waals surface area contributed by atoms with E-state index in [1.807, 2.05) is 18.2 Å². The molecule has 628 valence electrons. The van der Waals surface area contributed by atoms with Crippen LogP contribution in [-0.4, -0.2) is 216 Å². The lowest BCUT2D eigenvalue weighted by Gasteiger charge is -2.30. The van der Waals surface area contributed by atoms with E-state index in [0.29, 0.717) is 56.2 Å². The average Bonchev–Trinajstić information content (AvgIpc) is 1.78. The van der Waals surface area contributed by atoms with Crippen molar-refractivity contribution in [1.29, 1.82) is 0 Å². The first kappa shape index (κ1) is 95.3. The molecule has 3 aromatic rings. The number of amides is 13. The number of aromatic nitrogens is 1. The second kappa shape index (κ2) is 49.4. The Hall–Kier alpha value is -10.1. The molecule has 1 fully saturated rings. The Morgan fingerprint density at radius 2 is 0.920 bits per heavy atom. The fourth-order valence-corrected chi connectivity index (χ4v) is 13.3. The molecule has 34 heteroatoms. The van der Waals surface area contributed by atoms with Gasteiger partial charge in [-0.2, -0.15) is 0 Å². The first-order valence-corrected chi connectivity index (χ1v) is 39.5. The minimum atomic E-state index is -1.70. The highest BCUT2D eigenvalue weighted by atomic mass is 16.4. The van der Waals surface area contributed by atoms with E-state index in [2.05, 4.69) is 58.2 Å². The van der Waals surface area contributed by atoms with Crippen LogP contribution in [0, 0.1) is 17.8 Å². The number of carbonyl (C=O) groups excluding carboxylic acids is 13. The van der Waals surface area contributed by atoms with Crippen molar-refractivity contribution >= 4 is 99.6 Å². The van der Waals surface area contributed by atoms with E-state index < -0.39 is 180 Å². The van der Waals surface area contributed by atoms with Crippen LogP contribution >= 0.6 is 0 Å². The van der Waals surface area contributed by atoms with Crippen LogP contribution in [-0.2, 0) is 84.8 Å². The first-order valence-electron chi connectivity index (χ1n) is 39.5. The summed E-state index contributed by atoms with van der Waals surface area (Å²) in [5.41, 5.74) is 12.9. The molecular formula is C79H122N14O20. The molecule has 1 aliphatic heterocycles. The van der Waals surface area contributed by atoms with E-state index in [9.17, 15) is 97.5 Å². The maximum absolute atomic E-state index is 14.2. The van der Waals surface area contributed by atoms with Gasteiger partial charge in [-0.1, -0.05) is 161 Å². The van der Waals surface area contributed by atoms with Crippen LogP contribution in [0.15, 0.2) is 60.8 Å². The summed E-state index contributed by atoms with van der Waals surface area (Å²) >= 11 is 0. The summed E-state index contributed by atoms with van der Waals surface area (Å²) in [6.45, 7) is 12.3. The van der Waals surface area contributed by atoms with Gasteiger partial charge in [-0.25, -0.2) is 9.59 Å². The number of H-pyrrole nitrogens is 1. The van der Waals surface area contributed by atoms with E-state index >= 15 is 0 Å². The van der Waals surface area contributed by atoms with Crippen LogP contribution in [0.2, 0.25) is 0 Å². The molecule has 0 saturated carbocycles. The Balaban J connectivity index is 1.17. The lowest BCUT2D eigenvalue weighted by atomic mass is 9.96. The third-order valence-electron chi connectivity index (χ3n) is 19.8. The van der Waals surface area contributed by atoms with Gasteiger partial charge in [-0.3, -0.25) is 62.3 Å². The first-order chi connectivity index (χ1) is 53.5. The SMILES string of the molecule is CC[C@H](C)[C@H](NC(=O)[C@H](CCC(N)=O)NC(=O)[C@@H]1CCCN1C(=O)CCCCCCCCCCCCCCC(=O)N[C@@H](CO)C(=O)N[C@H](C(=O)N[C@@H](CC(C)C)C(=O)N[C@@H](CC(N)=O)C(=O)N[C@@H](Cc1ccccc1)C(=O)O)[C@@H](C)O)C(=O)N[C@H](C(=O)N[C@@H](CC(C)C)C(=O)N[C@@H](Cc1c[nH]c2ccccc12)C(=O)O)[C@H](C)O. The fraction of sp³-hybridized carbons (Fsp3) is 0.633. The predicted molar refractivity (Wildman–Crippen MR) is 417 cm³/mol. The Bertz CT molecular complexity index is 3650. The maximum Gasteiger partial charge on any atom is 0.326 e. The lowest BCUT2D eigenvalue weighted by Crippen LogP contribution is -2.62. The molecule has 0 radical (unpaired) electrons. The molecule has 2 heterocycles. The summed E-state index contributed by atoms with van der Waals surface area (Å²) in [4.78, 5) is 204. The predicted octanol–water partition coefficient (Wildman–Crippen LogP) is 1.46. The van der Waals surface area contributed by atoms with Gasteiger partial charge in [-0.15, -0.1) is 0 Å². The number of hydrogen-bond acceptors (Lipinski definition) is 18. The topological polar surface area (TPSA) is 549 Å². The van der Waals surface area contributed by atoms with E-state index in [4.69, 9.17) is 11.5 Å². The summed E-state index contributed by atoms with van der Waals surface area (Å²) in [5, 5.41) is 77.3. The average molecular weight is 1590 g/mol. The van der Waals surface area contributed by atoms with Crippen molar-refractivity contribution < 1.29 is 97.5 Å². The van der Waals surface area contributed by atoms with Gasteiger partial charge in [0.15, 0.2) is 0 Å². The minimum absolute atomic E-state index is 0.0327. The largest absolute Gasteiger partial charge is 0.480 e. The number of nitrogens with zero attached hydrogens (tertiary/aromatic N) is 1. The number of nitrogens with one attached hydrogen (secondary N) is 11. The van der Waals surface area contributed by atoms with Crippen molar-refractivity contribution in [1.82, 2.24) is 63.1 Å². The highest BCUT2D eigenvalue weighted by molar-refractivity contribution is 6.00. The second-order valence-corrected chi connectivity index (χ2v) is 30.3. The van der Waals surface area contributed by atoms with Crippen molar-refractivity contribution in [2.45, 2.75) is 288 Å². The third-order valence-corrected chi connectivity index (χ3v) is 19.8. The number of aliphatic hydroxyl groups is 3. The number of aliphatic hydroxyl groups excluding tert-OH is 3. The zero-order valence-electron chi connectivity index (χ0n) is 66.4. The monoisotopic (exact) mass is 1590 g/mol. The van der Waals surface area contributed by atoms with Gasteiger partial charge in [-0.05, 0) is 93.7 Å². The molecule has 2 aromatic carbocycles. The zero-order chi connectivity index (χ0) is 84.0. The standard InChI is InChI=1S/C79H122N14O20/c1-9-47(6)66(75(107)92-68(49(8)96)77(109)87-56(39-46(4)5)71(103)89-59(79(112)113)41-51-43-82-53-31-26-25-30-52(51)53)90-69(101)54(35-36-62(80)97)84-74(106)61-32-27-37-93(61)65(100)34-24-19-17-15-13-11-10-12-14-16-18-23-33-64(99)83-60(44-94)73(105)91-67(48(7)95)76(108)86-55(38-45(2)3)70(102)85-57(42-63(81)98)72(104)88-58(78(110)111)40-50-28-21-20-22-29-50/h20-22,25-26,28-31,43,45-49,54-61,66-68,82,94-96H,9-19,23-24,27,32-42,44H2,1-8H3,(H2,80,97)(H2,81,98)(H,83,99)(H,84,106)(H,85,102)(H,86,108)(H,87,109)(H,88,104)(H,89,103)(H,90,101)(H,91,105)(H,92,107)(H,110,111)(H,112,113)/t47-,48+,49-,54-,55-,56-,57-,58-,59-,60-,61-,66-,67-,68-/m0/s1. The normalized spacial score (nSPS) is 16.2. The fourth-order valence-electron chi connectivity index (χ4n) is 13.3. The van der Waals surface area contributed by atoms with Gasteiger partial charge in [0, 0.05) is 55.7 Å². The molecule has 0 aliphatic carbocycles. The van der Waals surface area contributed by atoms with Crippen LogP contribution in [0.5, 0.6) is 0 Å². The number of likely N-dealkylation sites (tertiary alicyclic amines) is 1. The number of rotatable bonds is 54. The summed E-state index contributed by atoms with van der Waals surface area (Å²) < 4.78 is 0. The number of fused-ring (bicyclic) bond motifs is 1. The molecule has 113 heavy (non-hydrogen) atoms. The molecule has 1 aliphatic rings. The Kier molecular flexibility index (Phi) is 41.7. The third kappa shape index (κ3) is 33.6. The van der Waals surface area contributed by atoms with Crippen molar-refractivity contribution in [3.63, 3.8) is 0 Å². The highest BCUT2D eigenvalue weighted by Crippen LogP contribution is 2.23. The number of hydrogen-bond donors (Lipinski definition) is 18. The Morgan fingerprint density at radius 1 is 0.478 bits per heavy atom. The van der Waals surface area contributed by atoms with Crippen LogP contribution in [0.1, 0.15) is 208 Å². The zero-order valence-corrected chi connectivity index (χ0v) is 66.4. The number of aliphatic carboxylic acids is 2. The van der Waals surface area contributed by atoms with Crippen LogP contribution in [0.25, 0.3) is 10.9 Å². The number of carboxylic acids is 2. The molecule has 0 unspecified atom stereocenters. The van der Waals surface area contributed by atoms with Gasteiger partial charge < -0.3 is 100 Å². The van der Waals surface area contributed by atoms with E-state index in [0.717, 1.165) is 68.7 Å². The van der Waals surface area contributed by atoms with Crippen LogP contribution in [0.4, 0.5) is 0 Å². The number of primary amides is 2. The summed E-state index contributed by atoms with van der Waals surface area (Å²) in [7, 11) is 0. The maximum atomic E-state index is 14.2. The van der Waals surface area contributed by atoms with Gasteiger partial charge in [0.1, 0.15) is 66.5 Å². The molecule has 1 saturated heterocycles. The Labute approximate surface area is 659 Å². The number of nitrogens with two attached hydrogens (primary N) is 2. The second-order valence-electron chi connectivity index (χ2n) is 30.3. The number of carbonyl (C=O) groups is 15. The van der Waals surface area contributed by atoms with E-state index in [-0.39, 0.29) is 69.1 Å². The minimum Gasteiger partial charge on any atom is -0.480 e.